The fraction of sp³-hybridized carbons (Fsp3) is 0.278. The highest BCUT2D eigenvalue weighted by Crippen LogP contribution is 2.24. The molecule has 0 radical (unpaired) electrons. The summed E-state index contributed by atoms with van der Waals surface area (Å²) in [6.45, 7) is 3.12. The summed E-state index contributed by atoms with van der Waals surface area (Å²) < 4.78 is 0. The van der Waals surface area contributed by atoms with E-state index in [9.17, 15) is 0 Å². The number of nitrogens with one attached hydrogen (secondary N) is 1. The van der Waals surface area contributed by atoms with Crippen LogP contribution in [0.1, 0.15) is 30.0 Å². The number of hydrogen-bond donors (Lipinski definition) is 3. The summed E-state index contributed by atoms with van der Waals surface area (Å²) in [5, 5.41) is 3.55. The van der Waals surface area contributed by atoms with Crippen molar-refractivity contribution in [3.8, 4) is 0 Å². The molecule has 3 rings (SSSR count). The Labute approximate surface area is 137 Å². The summed E-state index contributed by atoms with van der Waals surface area (Å²) in [7, 11) is 0. The maximum absolute atomic E-state index is 6.13. The largest absolute Gasteiger partial charge is 0.383 e. The van der Waals surface area contributed by atoms with Gasteiger partial charge in [-0.05, 0) is 42.2 Å². The molecule has 114 valence electrons. The SMILES string of the molecule is CCC1Cc2ccc(N=C(N)c3ccccc3S)cc2CN1. The second-order valence-corrected chi connectivity index (χ2v) is 6.14. The molecule has 0 fully saturated rings. The van der Waals surface area contributed by atoms with Crippen LogP contribution in [0, 0.1) is 0 Å². The minimum atomic E-state index is 0.501. The molecule has 0 amide bonds. The molecule has 0 aliphatic carbocycles. The Morgan fingerprint density at radius 3 is 2.86 bits per heavy atom. The molecule has 2 aromatic carbocycles. The molecule has 0 aromatic heterocycles. The van der Waals surface area contributed by atoms with Gasteiger partial charge in [0.25, 0.3) is 0 Å². The van der Waals surface area contributed by atoms with Crippen molar-refractivity contribution in [3.05, 3.63) is 59.2 Å². The fourth-order valence-corrected chi connectivity index (χ4v) is 3.09. The molecular weight excluding hydrogens is 290 g/mol. The van der Waals surface area contributed by atoms with Crippen molar-refractivity contribution in [2.24, 2.45) is 10.7 Å². The highest BCUT2D eigenvalue weighted by Gasteiger charge is 2.16. The summed E-state index contributed by atoms with van der Waals surface area (Å²) in [6.07, 6.45) is 2.25. The van der Waals surface area contributed by atoms with E-state index in [-0.39, 0.29) is 0 Å². The quantitative estimate of drug-likeness (QED) is 0.462. The number of benzene rings is 2. The standard InChI is InChI=1S/C18H21N3S/c1-2-14-9-12-7-8-15(10-13(12)11-20-14)21-18(19)16-5-3-4-6-17(16)22/h3-8,10,14,20,22H,2,9,11H2,1H3,(H2,19,21). The van der Waals surface area contributed by atoms with Gasteiger partial charge in [-0.2, -0.15) is 0 Å². The Bertz CT molecular complexity index is 709. The summed E-state index contributed by atoms with van der Waals surface area (Å²) in [5.41, 5.74) is 10.6. The third kappa shape index (κ3) is 3.18. The van der Waals surface area contributed by atoms with E-state index in [1.54, 1.807) is 0 Å². The summed E-state index contributed by atoms with van der Waals surface area (Å²) in [5.74, 6) is 0.501. The second kappa shape index (κ2) is 6.55. The molecule has 0 bridgehead atoms. The number of thiol groups is 1. The molecule has 0 spiro atoms. The molecule has 1 unspecified atom stereocenters. The lowest BCUT2D eigenvalue weighted by molar-refractivity contribution is 0.468. The van der Waals surface area contributed by atoms with E-state index in [1.165, 1.54) is 11.1 Å². The average molecular weight is 311 g/mol. The lowest BCUT2D eigenvalue weighted by atomic mass is 9.94. The van der Waals surface area contributed by atoms with Gasteiger partial charge >= 0.3 is 0 Å². The lowest BCUT2D eigenvalue weighted by Gasteiger charge is -2.25. The molecule has 1 aliphatic rings. The van der Waals surface area contributed by atoms with Crippen LogP contribution in [0.3, 0.4) is 0 Å². The first-order valence-electron chi connectivity index (χ1n) is 7.65. The van der Waals surface area contributed by atoms with E-state index in [0.717, 1.165) is 35.5 Å². The fourth-order valence-electron chi connectivity index (χ4n) is 2.82. The van der Waals surface area contributed by atoms with Crippen LogP contribution < -0.4 is 11.1 Å². The van der Waals surface area contributed by atoms with Gasteiger partial charge in [-0.15, -0.1) is 12.6 Å². The summed E-state index contributed by atoms with van der Waals surface area (Å²) in [6, 6.07) is 14.7. The normalized spacial score (nSPS) is 18.1. The summed E-state index contributed by atoms with van der Waals surface area (Å²) >= 11 is 4.43. The van der Waals surface area contributed by atoms with Gasteiger partial charge in [-0.1, -0.05) is 31.2 Å². The predicted molar refractivity (Wildman–Crippen MR) is 95.1 cm³/mol. The van der Waals surface area contributed by atoms with E-state index in [0.29, 0.717) is 11.9 Å². The molecule has 22 heavy (non-hydrogen) atoms. The minimum absolute atomic E-state index is 0.501. The van der Waals surface area contributed by atoms with Gasteiger partial charge < -0.3 is 11.1 Å². The van der Waals surface area contributed by atoms with Crippen LogP contribution in [0.4, 0.5) is 5.69 Å². The van der Waals surface area contributed by atoms with E-state index in [2.05, 4.69) is 42.0 Å². The van der Waals surface area contributed by atoms with Crippen LogP contribution in [0.25, 0.3) is 0 Å². The number of rotatable bonds is 3. The number of fused-ring (bicyclic) bond motifs is 1. The predicted octanol–water partition coefficient (Wildman–Crippen LogP) is 3.44. The second-order valence-electron chi connectivity index (χ2n) is 5.66. The highest BCUT2D eigenvalue weighted by atomic mass is 32.1. The average Bonchev–Trinajstić information content (AvgIpc) is 2.54. The zero-order chi connectivity index (χ0) is 15.5. The maximum Gasteiger partial charge on any atom is 0.132 e. The molecule has 4 heteroatoms. The Morgan fingerprint density at radius 1 is 1.27 bits per heavy atom. The molecule has 3 nitrogen and oxygen atoms in total. The maximum atomic E-state index is 6.13. The Balaban J connectivity index is 1.88. The van der Waals surface area contributed by atoms with Gasteiger partial charge in [0.2, 0.25) is 0 Å². The van der Waals surface area contributed by atoms with Gasteiger partial charge in [0.1, 0.15) is 5.84 Å². The molecule has 0 saturated carbocycles. The molecule has 0 saturated heterocycles. The first-order valence-corrected chi connectivity index (χ1v) is 8.10. The van der Waals surface area contributed by atoms with Crippen molar-refractivity contribution in [3.63, 3.8) is 0 Å². The van der Waals surface area contributed by atoms with Gasteiger partial charge in [0.15, 0.2) is 0 Å². The van der Waals surface area contributed by atoms with Crippen LogP contribution in [0.2, 0.25) is 0 Å². The van der Waals surface area contributed by atoms with Gasteiger partial charge in [0, 0.05) is 23.0 Å². The van der Waals surface area contributed by atoms with Gasteiger partial charge in [-0.25, -0.2) is 4.99 Å². The zero-order valence-corrected chi connectivity index (χ0v) is 13.6. The zero-order valence-electron chi connectivity index (χ0n) is 12.7. The van der Waals surface area contributed by atoms with Crippen LogP contribution >= 0.6 is 12.6 Å². The molecule has 2 aromatic rings. The van der Waals surface area contributed by atoms with Crippen molar-refractivity contribution in [2.75, 3.05) is 0 Å². The first-order chi connectivity index (χ1) is 10.7. The van der Waals surface area contributed by atoms with Crippen LogP contribution in [-0.4, -0.2) is 11.9 Å². The van der Waals surface area contributed by atoms with Crippen molar-refractivity contribution in [2.45, 2.75) is 37.2 Å². The highest BCUT2D eigenvalue weighted by molar-refractivity contribution is 7.80. The number of nitrogens with zero attached hydrogens (tertiary/aromatic N) is 1. The molecular formula is C18H21N3S. The number of aliphatic imine (C=N–C) groups is 1. The van der Waals surface area contributed by atoms with Crippen molar-refractivity contribution in [1.82, 2.24) is 5.32 Å². The van der Waals surface area contributed by atoms with Crippen LogP contribution in [0.5, 0.6) is 0 Å². The van der Waals surface area contributed by atoms with Crippen LogP contribution in [-0.2, 0) is 13.0 Å². The Morgan fingerprint density at radius 2 is 2.09 bits per heavy atom. The minimum Gasteiger partial charge on any atom is -0.383 e. The Hall–Kier alpha value is -1.78. The van der Waals surface area contributed by atoms with E-state index in [4.69, 9.17) is 5.73 Å². The molecule has 1 atom stereocenters. The van der Waals surface area contributed by atoms with Crippen molar-refractivity contribution < 1.29 is 0 Å². The van der Waals surface area contributed by atoms with E-state index < -0.39 is 0 Å². The van der Waals surface area contributed by atoms with Crippen molar-refractivity contribution in [1.29, 1.82) is 0 Å². The topological polar surface area (TPSA) is 50.4 Å². The van der Waals surface area contributed by atoms with E-state index in [1.807, 2.05) is 30.3 Å². The number of hydrogen-bond acceptors (Lipinski definition) is 3. The summed E-state index contributed by atoms with van der Waals surface area (Å²) in [4.78, 5) is 5.40. The van der Waals surface area contributed by atoms with E-state index >= 15 is 0 Å². The smallest absolute Gasteiger partial charge is 0.132 e. The number of amidine groups is 1. The third-order valence-corrected chi connectivity index (χ3v) is 4.55. The Kier molecular flexibility index (Phi) is 4.50. The van der Waals surface area contributed by atoms with Crippen LogP contribution in [0.15, 0.2) is 52.4 Å². The third-order valence-electron chi connectivity index (χ3n) is 4.16. The van der Waals surface area contributed by atoms with Crippen molar-refractivity contribution >= 4 is 24.2 Å². The first kappa shape index (κ1) is 15.1. The molecule has 3 N–H and O–H groups in total. The molecule has 1 aliphatic heterocycles. The number of nitrogens with two attached hydrogens (primary N) is 1. The van der Waals surface area contributed by atoms with Gasteiger partial charge in [0.05, 0.1) is 5.69 Å². The molecule has 1 heterocycles. The lowest BCUT2D eigenvalue weighted by Crippen LogP contribution is -2.34. The monoisotopic (exact) mass is 311 g/mol. The van der Waals surface area contributed by atoms with Gasteiger partial charge in [-0.3, -0.25) is 0 Å².